The summed E-state index contributed by atoms with van der Waals surface area (Å²) in [6.07, 6.45) is -8.23. The molecule has 40 heavy (non-hydrogen) atoms. The zero-order chi connectivity index (χ0) is 29.0. The molecule has 3 N–H and O–H groups in total. The van der Waals surface area contributed by atoms with E-state index in [-0.39, 0.29) is 12.0 Å². The van der Waals surface area contributed by atoms with Crippen LogP contribution in [0.25, 0.3) is 0 Å². The number of amides is 2. The predicted octanol–water partition coefficient (Wildman–Crippen LogP) is 4.77. The maximum absolute atomic E-state index is 13.7. The molecule has 0 saturated heterocycles. The molecule has 0 unspecified atom stereocenters. The van der Waals surface area contributed by atoms with Gasteiger partial charge in [-0.05, 0) is 54.3 Å². The van der Waals surface area contributed by atoms with Crippen molar-refractivity contribution in [3.05, 3.63) is 106 Å². The maximum atomic E-state index is 13.7. The Labute approximate surface area is 228 Å². The van der Waals surface area contributed by atoms with Gasteiger partial charge in [0.05, 0.1) is 17.5 Å². The van der Waals surface area contributed by atoms with Crippen molar-refractivity contribution in [3.8, 4) is 0 Å². The van der Waals surface area contributed by atoms with Crippen molar-refractivity contribution >= 4 is 23.3 Å². The van der Waals surface area contributed by atoms with Crippen molar-refractivity contribution in [2.45, 2.75) is 44.4 Å². The van der Waals surface area contributed by atoms with E-state index in [0.29, 0.717) is 22.4 Å². The van der Waals surface area contributed by atoms with E-state index < -0.39 is 60.4 Å². The number of ketones is 1. The summed E-state index contributed by atoms with van der Waals surface area (Å²) < 4.78 is 53.3. The number of carbonyl (C=O) groups is 3. The zero-order valence-electron chi connectivity index (χ0n) is 21.5. The molecule has 1 aliphatic heterocycles. The normalized spacial score (nSPS) is 16.8. The number of primary amides is 1. The minimum atomic E-state index is -4.59. The molecule has 3 aromatic carbocycles. The van der Waals surface area contributed by atoms with Gasteiger partial charge in [0.2, 0.25) is 11.8 Å². The van der Waals surface area contributed by atoms with Crippen LogP contribution in [0.1, 0.15) is 46.6 Å². The van der Waals surface area contributed by atoms with Crippen LogP contribution in [0.4, 0.5) is 17.6 Å². The van der Waals surface area contributed by atoms with Gasteiger partial charge >= 0.3 is 6.18 Å². The van der Waals surface area contributed by atoms with Gasteiger partial charge in [-0.1, -0.05) is 48.5 Å². The third kappa shape index (κ3) is 6.62. The van der Waals surface area contributed by atoms with Crippen molar-refractivity contribution in [1.29, 1.82) is 0 Å². The monoisotopic (exact) mass is 553 g/mol. The van der Waals surface area contributed by atoms with Crippen LogP contribution in [-0.2, 0) is 20.8 Å². The molecule has 1 aliphatic rings. The molecule has 0 aromatic heterocycles. The lowest BCUT2D eigenvalue weighted by Crippen LogP contribution is -2.46. The molecule has 3 aromatic rings. The molecule has 4 rings (SSSR count). The van der Waals surface area contributed by atoms with Crippen molar-refractivity contribution in [2.24, 2.45) is 16.6 Å². The standard InChI is InChI=1S/C30H27F4N3O3/c1-17-6-5-9-21-23(17)16-24(38)28(36-26(21)19-10-12-20(31)13-11-19)37-29(40)22(14-15-30(32,33)34)25(27(35)39)18-7-3-2-4-8-18/h2-13,22,25,28H,14-16H2,1H3,(H2,35,39)(H,37,40)/t22-,25+,28-/m1/s1. The molecular weight excluding hydrogens is 526 g/mol. The molecule has 0 bridgehead atoms. The van der Waals surface area contributed by atoms with E-state index in [0.717, 1.165) is 5.56 Å². The second kappa shape index (κ2) is 11.8. The molecule has 6 nitrogen and oxygen atoms in total. The fourth-order valence-electron chi connectivity index (χ4n) is 4.92. The number of nitrogens with zero attached hydrogens (tertiary/aromatic N) is 1. The summed E-state index contributed by atoms with van der Waals surface area (Å²) in [7, 11) is 0. The van der Waals surface area contributed by atoms with Gasteiger partial charge < -0.3 is 11.1 Å². The van der Waals surface area contributed by atoms with Gasteiger partial charge in [0.15, 0.2) is 11.9 Å². The average molecular weight is 554 g/mol. The van der Waals surface area contributed by atoms with E-state index in [1.165, 1.54) is 36.4 Å². The molecule has 1 heterocycles. The Morgan fingerprint density at radius 3 is 2.33 bits per heavy atom. The second-order valence-corrected chi connectivity index (χ2v) is 9.69. The molecule has 0 radical (unpaired) electrons. The summed E-state index contributed by atoms with van der Waals surface area (Å²) in [4.78, 5) is 43.9. The number of fused-ring (bicyclic) bond motifs is 1. The average Bonchev–Trinajstić information content (AvgIpc) is 3.04. The minimum Gasteiger partial charge on any atom is -0.369 e. The molecule has 3 atom stereocenters. The lowest BCUT2D eigenvalue weighted by molar-refractivity contribution is -0.144. The fraction of sp³-hybridized carbons (Fsp3) is 0.267. The molecule has 2 amide bonds. The first-order valence-corrected chi connectivity index (χ1v) is 12.6. The Bertz CT molecular complexity index is 1440. The highest BCUT2D eigenvalue weighted by molar-refractivity contribution is 6.16. The maximum Gasteiger partial charge on any atom is 0.389 e. The summed E-state index contributed by atoms with van der Waals surface area (Å²) in [6.45, 7) is 1.82. The number of nitrogens with one attached hydrogen (secondary N) is 1. The summed E-state index contributed by atoms with van der Waals surface area (Å²) in [5.41, 5.74) is 8.75. The number of aryl methyl sites for hydroxylation is 1. The molecule has 10 heteroatoms. The van der Waals surface area contributed by atoms with Crippen LogP contribution in [-0.4, -0.2) is 35.7 Å². The number of halogens is 4. The Hall–Kier alpha value is -4.34. The number of benzene rings is 3. The molecule has 0 saturated carbocycles. The lowest BCUT2D eigenvalue weighted by atomic mass is 9.81. The highest BCUT2D eigenvalue weighted by Gasteiger charge is 2.39. The van der Waals surface area contributed by atoms with Crippen LogP contribution in [0.5, 0.6) is 0 Å². The van der Waals surface area contributed by atoms with Gasteiger partial charge in [0, 0.05) is 24.0 Å². The smallest absolute Gasteiger partial charge is 0.369 e. The number of hydrogen-bond acceptors (Lipinski definition) is 4. The first kappa shape index (κ1) is 28.7. The van der Waals surface area contributed by atoms with E-state index in [9.17, 15) is 31.9 Å². The van der Waals surface area contributed by atoms with Crippen molar-refractivity contribution in [3.63, 3.8) is 0 Å². The van der Waals surface area contributed by atoms with E-state index in [1.807, 2.05) is 13.0 Å². The van der Waals surface area contributed by atoms with Crippen LogP contribution in [0, 0.1) is 18.7 Å². The number of aliphatic imine (C=N–C) groups is 1. The van der Waals surface area contributed by atoms with Crippen LogP contribution in [0.2, 0.25) is 0 Å². The largest absolute Gasteiger partial charge is 0.389 e. The molecule has 0 aliphatic carbocycles. The first-order valence-electron chi connectivity index (χ1n) is 12.6. The van der Waals surface area contributed by atoms with E-state index >= 15 is 0 Å². The quantitative estimate of drug-likeness (QED) is 0.393. The summed E-state index contributed by atoms with van der Waals surface area (Å²) in [5, 5.41) is 2.49. The molecular formula is C30H27F4N3O3. The van der Waals surface area contributed by atoms with Gasteiger partial charge in [-0.15, -0.1) is 0 Å². The Balaban J connectivity index is 1.74. The zero-order valence-corrected chi connectivity index (χ0v) is 21.5. The van der Waals surface area contributed by atoms with E-state index in [2.05, 4.69) is 10.3 Å². The fourth-order valence-corrected chi connectivity index (χ4v) is 4.92. The summed E-state index contributed by atoms with van der Waals surface area (Å²) >= 11 is 0. The number of nitrogens with two attached hydrogens (primary N) is 1. The van der Waals surface area contributed by atoms with Crippen molar-refractivity contribution in [1.82, 2.24) is 5.32 Å². The Morgan fingerprint density at radius 1 is 1.02 bits per heavy atom. The van der Waals surface area contributed by atoms with Crippen LogP contribution in [0.3, 0.4) is 0 Å². The van der Waals surface area contributed by atoms with Crippen molar-refractivity contribution in [2.75, 3.05) is 0 Å². The van der Waals surface area contributed by atoms with Gasteiger partial charge in [-0.2, -0.15) is 13.2 Å². The third-order valence-corrected chi connectivity index (χ3v) is 6.92. The summed E-state index contributed by atoms with van der Waals surface area (Å²) in [6, 6.07) is 18.6. The topological polar surface area (TPSA) is 102 Å². The molecule has 0 fully saturated rings. The molecule has 208 valence electrons. The van der Waals surface area contributed by atoms with Gasteiger partial charge in [0.25, 0.3) is 0 Å². The SMILES string of the molecule is Cc1cccc2c1CC(=O)[C@@H](NC(=O)[C@H](CCC(F)(F)F)[C@@H](C(N)=O)c1ccccc1)N=C2c1ccc(F)cc1. The van der Waals surface area contributed by atoms with Crippen molar-refractivity contribution < 1.29 is 31.9 Å². The number of hydrogen-bond donors (Lipinski definition) is 2. The van der Waals surface area contributed by atoms with E-state index in [1.54, 1.807) is 30.3 Å². The first-order chi connectivity index (χ1) is 18.9. The van der Waals surface area contributed by atoms with Crippen LogP contribution >= 0.6 is 0 Å². The highest BCUT2D eigenvalue weighted by Crippen LogP contribution is 2.33. The molecule has 0 spiro atoms. The lowest BCUT2D eigenvalue weighted by Gasteiger charge is -2.26. The third-order valence-electron chi connectivity index (χ3n) is 6.92. The van der Waals surface area contributed by atoms with E-state index in [4.69, 9.17) is 5.73 Å². The summed E-state index contributed by atoms with van der Waals surface area (Å²) in [5.74, 6) is -5.80. The highest BCUT2D eigenvalue weighted by atomic mass is 19.4. The minimum absolute atomic E-state index is 0.105. The number of alkyl halides is 3. The number of rotatable bonds is 8. The van der Waals surface area contributed by atoms with Crippen LogP contribution < -0.4 is 11.1 Å². The van der Waals surface area contributed by atoms with Gasteiger partial charge in [-0.3, -0.25) is 19.4 Å². The number of Topliss-reactive ketones (excluding diaryl/α,β-unsaturated/α-hetero) is 1. The van der Waals surface area contributed by atoms with Gasteiger partial charge in [-0.25, -0.2) is 4.39 Å². The number of carbonyl (C=O) groups excluding carboxylic acids is 3. The Kier molecular flexibility index (Phi) is 8.46. The van der Waals surface area contributed by atoms with Gasteiger partial charge in [0.1, 0.15) is 5.82 Å². The Morgan fingerprint density at radius 2 is 1.70 bits per heavy atom. The van der Waals surface area contributed by atoms with Crippen LogP contribution in [0.15, 0.2) is 77.8 Å². The second-order valence-electron chi connectivity index (χ2n) is 9.69. The predicted molar refractivity (Wildman–Crippen MR) is 141 cm³/mol.